The number of halogens is 1. The molecule has 0 saturated carbocycles. The highest BCUT2D eigenvalue weighted by Crippen LogP contribution is 2.17. The van der Waals surface area contributed by atoms with Crippen molar-refractivity contribution < 1.29 is 9.53 Å². The number of rotatable bonds is 6. The highest BCUT2D eigenvalue weighted by molar-refractivity contribution is 9.09. The quantitative estimate of drug-likeness (QED) is 0.416. The summed E-state index contributed by atoms with van der Waals surface area (Å²) in [5, 5.41) is 0. The number of alkyl halides is 1. The van der Waals surface area contributed by atoms with Crippen LogP contribution in [0.4, 0.5) is 0 Å². The van der Waals surface area contributed by atoms with Crippen LogP contribution in [-0.2, 0) is 9.53 Å². The van der Waals surface area contributed by atoms with E-state index in [1.54, 1.807) is 0 Å². The molecule has 15 heavy (non-hydrogen) atoms. The topological polar surface area (TPSA) is 26.3 Å². The first-order valence-electron chi connectivity index (χ1n) is 5.71. The summed E-state index contributed by atoms with van der Waals surface area (Å²) in [6.45, 7) is 7.86. The van der Waals surface area contributed by atoms with Gasteiger partial charge >= 0.3 is 5.97 Å². The first-order chi connectivity index (χ1) is 6.85. The van der Waals surface area contributed by atoms with Crippen molar-refractivity contribution in [1.82, 2.24) is 0 Å². The Balaban J connectivity index is 3.67. The molecule has 0 aromatic heterocycles. The molecule has 0 spiro atoms. The molecule has 2 nitrogen and oxygen atoms in total. The number of ether oxygens (including phenoxy) is 1. The minimum absolute atomic E-state index is 0.110. The van der Waals surface area contributed by atoms with E-state index in [0.717, 1.165) is 6.42 Å². The van der Waals surface area contributed by atoms with Gasteiger partial charge in [-0.05, 0) is 27.2 Å². The van der Waals surface area contributed by atoms with Crippen molar-refractivity contribution in [3.63, 3.8) is 0 Å². The standard InChI is InChI=1S/C12H23BrO2/c1-5-6-7-8-10(13)9-11(14)15-12(2,3)4/h10H,5-9H2,1-4H3. The molecule has 1 atom stereocenters. The van der Waals surface area contributed by atoms with E-state index in [2.05, 4.69) is 22.9 Å². The van der Waals surface area contributed by atoms with Crippen LogP contribution in [0.3, 0.4) is 0 Å². The van der Waals surface area contributed by atoms with Gasteiger partial charge in [0.05, 0.1) is 6.42 Å². The third kappa shape index (κ3) is 10.2. The molecule has 0 fully saturated rings. The van der Waals surface area contributed by atoms with Crippen LogP contribution in [-0.4, -0.2) is 16.4 Å². The lowest BCUT2D eigenvalue weighted by atomic mass is 10.1. The van der Waals surface area contributed by atoms with E-state index >= 15 is 0 Å². The van der Waals surface area contributed by atoms with Crippen LogP contribution >= 0.6 is 15.9 Å². The van der Waals surface area contributed by atoms with E-state index in [1.165, 1.54) is 19.3 Å². The Morgan fingerprint density at radius 2 is 1.93 bits per heavy atom. The van der Waals surface area contributed by atoms with Crippen LogP contribution in [0, 0.1) is 0 Å². The summed E-state index contributed by atoms with van der Waals surface area (Å²) in [4.78, 5) is 11.7. The van der Waals surface area contributed by atoms with Gasteiger partial charge in [0.2, 0.25) is 0 Å². The van der Waals surface area contributed by atoms with Crippen LogP contribution in [0.2, 0.25) is 0 Å². The lowest BCUT2D eigenvalue weighted by molar-refractivity contribution is -0.154. The number of hydrogen-bond acceptors (Lipinski definition) is 2. The van der Waals surface area contributed by atoms with Crippen LogP contribution in [0.1, 0.15) is 59.8 Å². The van der Waals surface area contributed by atoms with Crippen molar-refractivity contribution in [2.45, 2.75) is 70.2 Å². The largest absolute Gasteiger partial charge is 0.460 e. The molecule has 0 aliphatic heterocycles. The minimum atomic E-state index is -0.368. The average Bonchev–Trinajstić information content (AvgIpc) is 2.00. The summed E-state index contributed by atoms with van der Waals surface area (Å²) < 4.78 is 5.25. The Kier molecular flexibility index (Phi) is 7.24. The molecular weight excluding hydrogens is 256 g/mol. The smallest absolute Gasteiger partial charge is 0.307 e. The lowest BCUT2D eigenvalue weighted by Gasteiger charge is -2.20. The second-order valence-electron chi connectivity index (χ2n) is 4.88. The molecule has 3 heteroatoms. The second kappa shape index (κ2) is 7.26. The van der Waals surface area contributed by atoms with Gasteiger partial charge in [0.15, 0.2) is 0 Å². The van der Waals surface area contributed by atoms with E-state index in [0.29, 0.717) is 6.42 Å². The average molecular weight is 279 g/mol. The molecule has 0 rings (SSSR count). The maximum absolute atomic E-state index is 11.4. The van der Waals surface area contributed by atoms with Gasteiger partial charge in [-0.3, -0.25) is 4.79 Å². The predicted octanol–water partition coefficient (Wildman–Crippen LogP) is 4.06. The van der Waals surface area contributed by atoms with Gasteiger partial charge in [-0.25, -0.2) is 0 Å². The van der Waals surface area contributed by atoms with Gasteiger partial charge < -0.3 is 4.74 Å². The number of esters is 1. The molecule has 0 aliphatic rings. The molecule has 1 unspecified atom stereocenters. The maximum Gasteiger partial charge on any atom is 0.307 e. The van der Waals surface area contributed by atoms with Gasteiger partial charge in [0.1, 0.15) is 5.60 Å². The fourth-order valence-corrected chi connectivity index (χ4v) is 1.87. The van der Waals surface area contributed by atoms with Gasteiger partial charge in [0.25, 0.3) is 0 Å². The lowest BCUT2D eigenvalue weighted by Crippen LogP contribution is -2.25. The molecule has 0 aliphatic carbocycles. The number of hydrogen-bond donors (Lipinski definition) is 0. The summed E-state index contributed by atoms with van der Waals surface area (Å²) in [6, 6.07) is 0. The van der Waals surface area contributed by atoms with Gasteiger partial charge in [-0.2, -0.15) is 0 Å². The summed E-state index contributed by atoms with van der Waals surface area (Å²) >= 11 is 3.52. The Labute approximate surface area is 102 Å². The molecule has 0 aromatic carbocycles. The van der Waals surface area contributed by atoms with Gasteiger partial charge in [0, 0.05) is 4.83 Å². The zero-order valence-corrected chi connectivity index (χ0v) is 11.9. The molecule has 0 N–H and O–H groups in total. The molecule has 0 heterocycles. The van der Waals surface area contributed by atoms with Crippen LogP contribution in [0.25, 0.3) is 0 Å². The predicted molar refractivity (Wildman–Crippen MR) is 67.3 cm³/mol. The van der Waals surface area contributed by atoms with Crippen molar-refractivity contribution >= 4 is 21.9 Å². The number of carbonyl (C=O) groups is 1. The summed E-state index contributed by atoms with van der Waals surface area (Å²) in [6.07, 6.45) is 5.14. The first kappa shape index (κ1) is 14.9. The van der Waals surface area contributed by atoms with Crippen molar-refractivity contribution in [2.75, 3.05) is 0 Å². The van der Waals surface area contributed by atoms with Gasteiger partial charge in [-0.1, -0.05) is 42.1 Å². The molecule has 0 amide bonds. The van der Waals surface area contributed by atoms with Crippen LogP contribution in [0.5, 0.6) is 0 Å². The molecule has 0 bridgehead atoms. The minimum Gasteiger partial charge on any atom is -0.460 e. The SMILES string of the molecule is CCCCCC(Br)CC(=O)OC(C)(C)C. The molecule has 0 radical (unpaired) electrons. The highest BCUT2D eigenvalue weighted by atomic mass is 79.9. The van der Waals surface area contributed by atoms with E-state index in [9.17, 15) is 4.79 Å². The van der Waals surface area contributed by atoms with E-state index < -0.39 is 0 Å². The Bertz CT molecular complexity index is 185. The zero-order valence-electron chi connectivity index (χ0n) is 10.3. The summed E-state index contributed by atoms with van der Waals surface area (Å²) in [5.74, 6) is -0.110. The van der Waals surface area contributed by atoms with Crippen molar-refractivity contribution in [3.05, 3.63) is 0 Å². The third-order valence-corrected chi connectivity index (χ3v) is 2.71. The van der Waals surface area contributed by atoms with E-state index in [1.807, 2.05) is 20.8 Å². The zero-order chi connectivity index (χ0) is 11.9. The number of unbranched alkanes of at least 4 members (excludes halogenated alkanes) is 2. The second-order valence-corrected chi connectivity index (χ2v) is 6.18. The van der Waals surface area contributed by atoms with E-state index in [4.69, 9.17) is 4.74 Å². The maximum atomic E-state index is 11.4. The highest BCUT2D eigenvalue weighted by Gasteiger charge is 2.18. The monoisotopic (exact) mass is 278 g/mol. The van der Waals surface area contributed by atoms with Crippen LogP contribution in [0.15, 0.2) is 0 Å². The Morgan fingerprint density at radius 3 is 2.40 bits per heavy atom. The van der Waals surface area contributed by atoms with Crippen molar-refractivity contribution in [1.29, 1.82) is 0 Å². The Hall–Kier alpha value is -0.0500. The van der Waals surface area contributed by atoms with E-state index in [-0.39, 0.29) is 16.4 Å². The normalized spacial score (nSPS) is 13.7. The molecular formula is C12H23BrO2. The molecule has 90 valence electrons. The summed E-state index contributed by atoms with van der Waals surface area (Å²) in [5.41, 5.74) is -0.368. The molecule has 0 aromatic rings. The van der Waals surface area contributed by atoms with Crippen molar-refractivity contribution in [2.24, 2.45) is 0 Å². The van der Waals surface area contributed by atoms with Crippen LogP contribution < -0.4 is 0 Å². The Morgan fingerprint density at radius 1 is 1.33 bits per heavy atom. The van der Waals surface area contributed by atoms with Crippen molar-refractivity contribution in [3.8, 4) is 0 Å². The fourth-order valence-electron chi connectivity index (χ4n) is 1.28. The third-order valence-electron chi connectivity index (χ3n) is 1.93. The number of carbonyl (C=O) groups excluding carboxylic acids is 1. The summed E-state index contributed by atoms with van der Waals surface area (Å²) in [7, 11) is 0. The first-order valence-corrected chi connectivity index (χ1v) is 6.62. The van der Waals surface area contributed by atoms with Gasteiger partial charge in [-0.15, -0.1) is 0 Å². The fraction of sp³-hybridized carbons (Fsp3) is 0.917. The molecule has 0 saturated heterocycles.